The molecule has 0 aliphatic heterocycles. The molecule has 2 aromatic rings. The van der Waals surface area contributed by atoms with Crippen LogP contribution in [0.2, 0.25) is 0 Å². The summed E-state index contributed by atoms with van der Waals surface area (Å²) in [4.78, 5) is -0.262. The summed E-state index contributed by atoms with van der Waals surface area (Å²) >= 11 is 2.89. The average Bonchev–Trinajstić information content (AvgIpc) is 2.36. The Hall–Kier alpha value is -1.61. The second-order valence-electron chi connectivity index (χ2n) is 4.29. The van der Waals surface area contributed by atoms with Gasteiger partial charge in [0.05, 0.1) is 16.1 Å². The van der Waals surface area contributed by atoms with E-state index in [1.807, 2.05) is 4.72 Å². The molecule has 2 rings (SSSR count). The summed E-state index contributed by atoms with van der Waals surface area (Å²) in [6.07, 6.45) is -4.61. The van der Waals surface area contributed by atoms with Crippen molar-refractivity contribution in [1.29, 1.82) is 0 Å². The predicted octanol–water partition coefficient (Wildman–Crippen LogP) is 4.41. The number of benzene rings is 2. The van der Waals surface area contributed by atoms with Crippen LogP contribution >= 0.6 is 15.9 Å². The maximum atomic E-state index is 12.8. The molecule has 0 spiro atoms. The fourth-order valence-electron chi connectivity index (χ4n) is 1.64. The van der Waals surface area contributed by atoms with Crippen molar-refractivity contribution < 1.29 is 26.0 Å². The quantitative estimate of drug-likeness (QED) is 0.779. The zero-order valence-electron chi connectivity index (χ0n) is 10.7. The van der Waals surface area contributed by atoms with Crippen molar-refractivity contribution in [2.24, 2.45) is 0 Å². The molecule has 22 heavy (non-hydrogen) atoms. The lowest BCUT2D eigenvalue weighted by Crippen LogP contribution is -2.14. The molecule has 118 valence electrons. The molecule has 0 aliphatic carbocycles. The van der Waals surface area contributed by atoms with Crippen LogP contribution in [0.25, 0.3) is 0 Å². The average molecular weight is 398 g/mol. The minimum Gasteiger partial charge on any atom is -0.280 e. The molecule has 0 bridgehead atoms. The normalized spacial score (nSPS) is 12.2. The van der Waals surface area contributed by atoms with Gasteiger partial charge < -0.3 is 0 Å². The maximum Gasteiger partial charge on any atom is 0.416 e. The third-order valence-corrected chi connectivity index (χ3v) is 4.46. The first-order chi connectivity index (χ1) is 10.1. The number of hydrogen-bond donors (Lipinski definition) is 1. The van der Waals surface area contributed by atoms with Crippen molar-refractivity contribution in [1.82, 2.24) is 0 Å². The minimum atomic E-state index is -4.61. The van der Waals surface area contributed by atoms with Gasteiger partial charge in [0.15, 0.2) is 0 Å². The van der Waals surface area contributed by atoms with Crippen molar-refractivity contribution in [3.63, 3.8) is 0 Å². The summed E-state index contributed by atoms with van der Waals surface area (Å²) in [5.74, 6) is -0.624. The highest BCUT2D eigenvalue weighted by Crippen LogP contribution is 2.33. The summed E-state index contributed by atoms with van der Waals surface area (Å²) in [5.41, 5.74) is -1.26. The van der Waals surface area contributed by atoms with Gasteiger partial charge in [0.1, 0.15) is 5.82 Å². The van der Waals surface area contributed by atoms with E-state index in [4.69, 9.17) is 0 Å². The first-order valence-corrected chi connectivity index (χ1v) is 8.02. The second-order valence-corrected chi connectivity index (χ2v) is 6.88. The van der Waals surface area contributed by atoms with Gasteiger partial charge in [-0.2, -0.15) is 13.2 Å². The van der Waals surface area contributed by atoms with Crippen LogP contribution in [-0.4, -0.2) is 8.42 Å². The highest BCUT2D eigenvalue weighted by molar-refractivity contribution is 9.10. The lowest BCUT2D eigenvalue weighted by molar-refractivity contribution is -0.137. The number of alkyl halides is 3. The minimum absolute atomic E-state index is 0.0686. The van der Waals surface area contributed by atoms with Crippen molar-refractivity contribution in [2.45, 2.75) is 11.1 Å². The number of hydrogen-bond acceptors (Lipinski definition) is 2. The van der Waals surface area contributed by atoms with E-state index in [9.17, 15) is 26.0 Å². The van der Waals surface area contributed by atoms with Gasteiger partial charge in [-0.05, 0) is 42.5 Å². The van der Waals surface area contributed by atoms with Crippen LogP contribution in [-0.2, 0) is 16.2 Å². The lowest BCUT2D eigenvalue weighted by Gasteiger charge is -2.12. The molecular formula is C13H8BrF4NO2S. The summed E-state index contributed by atoms with van der Waals surface area (Å²) < 4.78 is 77.1. The Labute approximate surface area is 132 Å². The summed E-state index contributed by atoms with van der Waals surface area (Å²) in [6.45, 7) is 0. The fraction of sp³-hybridized carbons (Fsp3) is 0.0769. The van der Waals surface area contributed by atoms with E-state index >= 15 is 0 Å². The van der Waals surface area contributed by atoms with Crippen LogP contribution in [0, 0.1) is 5.82 Å². The van der Waals surface area contributed by atoms with Crippen LogP contribution < -0.4 is 4.72 Å². The van der Waals surface area contributed by atoms with E-state index in [0.717, 1.165) is 30.3 Å². The topological polar surface area (TPSA) is 46.2 Å². The van der Waals surface area contributed by atoms with E-state index in [2.05, 4.69) is 15.9 Å². The molecule has 0 saturated carbocycles. The van der Waals surface area contributed by atoms with Crippen LogP contribution in [0.1, 0.15) is 5.56 Å². The predicted molar refractivity (Wildman–Crippen MR) is 76.4 cm³/mol. The molecule has 0 aliphatic rings. The van der Waals surface area contributed by atoms with Crippen LogP contribution in [0.5, 0.6) is 0 Å². The van der Waals surface area contributed by atoms with Gasteiger partial charge in [-0.15, -0.1) is 0 Å². The molecule has 9 heteroatoms. The third kappa shape index (κ3) is 3.98. The van der Waals surface area contributed by atoms with Crippen molar-refractivity contribution in [3.8, 4) is 0 Å². The highest BCUT2D eigenvalue weighted by atomic mass is 79.9. The van der Waals surface area contributed by atoms with Gasteiger partial charge >= 0.3 is 6.18 Å². The Morgan fingerprint density at radius 1 is 1.00 bits per heavy atom. The SMILES string of the molecule is O=S(=O)(Nc1cc(Br)cc(C(F)(F)F)c1)c1ccc(F)cc1. The zero-order valence-corrected chi connectivity index (χ0v) is 13.1. The first-order valence-electron chi connectivity index (χ1n) is 5.74. The Kier molecular flexibility index (Phi) is 4.48. The van der Waals surface area contributed by atoms with E-state index < -0.39 is 27.6 Å². The van der Waals surface area contributed by atoms with Crippen LogP contribution in [0.4, 0.5) is 23.2 Å². The molecule has 0 aromatic heterocycles. The number of halogens is 5. The van der Waals surface area contributed by atoms with Crippen LogP contribution in [0.15, 0.2) is 51.8 Å². The smallest absolute Gasteiger partial charge is 0.280 e. The first kappa shape index (κ1) is 16.8. The van der Waals surface area contributed by atoms with Gasteiger partial charge in [-0.1, -0.05) is 15.9 Å². The molecular weight excluding hydrogens is 390 g/mol. The Bertz CT molecular complexity index is 789. The second kappa shape index (κ2) is 5.88. The molecule has 0 radical (unpaired) electrons. The van der Waals surface area contributed by atoms with E-state index in [0.29, 0.717) is 6.07 Å². The highest BCUT2D eigenvalue weighted by Gasteiger charge is 2.31. The van der Waals surface area contributed by atoms with Crippen molar-refractivity contribution in [2.75, 3.05) is 4.72 Å². The number of sulfonamides is 1. The standard InChI is InChI=1S/C13H8BrF4NO2S/c14-9-5-8(13(16,17)18)6-11(7-9)19-22(20,21)12-3-1-10(15)2-4-12/h1-7,19H. The molecule has 0 fully saturated rings. The van der Waals surface area contributed by atoms with Crippen molar-refractivity contribution in [3.05, 3.63) is 58.3 Å². The third-order valence-electron chi connectivity index (χ3n) is 2.60. The number of nitrogens with one attached hydrogen (secondary N) is 1. The molecule has 0 unspecified atom stereocenters. The molecule has 0 heterocycles. The Balaban J connectivity index is 2.38. The number of anilines is 1. The lowest BCUT2D eigenvalue weighted by atomic mass is 10.2. The molecule has 0 atom stereocenters. The largest absolute Gasteiger partial charge is 0.416 e. The number of rotatable bonds is 3. The van der Waals surface area contributed by atoms with Gasteiger partial charge in [0.2, 0.25) is 0 Å². The Morgan fingerprint density at radius 3 is 2.14 bits per heavy atom. The van der Waals surface area contributed by atoms with E-state index in [-0.39, 0.29) is 15.1 Å². The molecule has 2 aromatic carbocycles. The van der Waals surface area contributed by atoms with E-state index in [1.165, 1.54) is 6.07 Å². The summed E-state index contributed by atoms with van der Waals surface area (Å²) in [6, 6.07) is 6.60. The van der Waals surface area contributed by atoms with Crippen molar-refractivity contribution >= 4 is 31.6 Å². The maximum absolute atomic E-state index is 12.8. The fourth-order valence-corrected chi connectivity index (χ4v) is 3.17. The van der Waals surface area contributed by atoms with Crippen LogP contribution in [0.3, 0.4) is 0 Å². The van der Waals surface area contributed by atoms with E-state index in [1.54, 1.807) is 0 Å². The molecule has 0 amide bonds. The molecule has 0 saturated heterocycles. The van der Waals surface area contributed by atoms with Gasteiger partial charge in [-0.3, -0.25) is 4.72 Å². The van der Waals surface area contributed by atoms with Gasteiger partial charge in [-0.25, -0.2) is 12.8 Å². The summed E-state index contributed by atoms with van der Waals surface area (Å²) in [5, 5.41) is 0. The Morgan fingerprint density at radius 2 is 1.59 bits per heavy atom. The van der Waals surface area contributed by atoms with Gasteiger partial charge in [0.25, 0.3) is 10.0 Å². The summed E-state index contributed by atoms with van der Waals surface area (Å²) in [7, 11) is -4.11. The zero-order chi connectivity index (χ0) is 16.5. The molecule has 1 N–H and O–H groups in total. The molecule has 3 nitrogen and oxygen atoms in total. The monoisotopic (exact) mass is 397 g/mol. The van der Waals surface area contributed by atoms with Gasteiger partial charge in [0, 0.05) is 4.47 Å².